The van der Waals surface area contributed by atoms with Crippen molar-refractivity contribution in [2.75, 3.05) is 19.7 Å². The predicted octanol–water partition coefficient (Wildman–Crippen LogP) is 0.483. The predicted molar refractivity (Wildman–Crippen MR) is 57.5 cm³/mol. The molecule has 2 aliphatic heterocycles. The molecule has 2 heterocycles. The average Bonchev–Trinajstić information content (AvgIpc) is 2.61. The maximum absolute atomic E-state index is 11.6. The molecular formula is C11H15NO5. The van der Waals surface area contributed by atoms with Gasteiger partial charge in [0.2, 0.25) is 0 Å². The molecule has 2 saturated heterocycles. The number of aliphatic carboxylic acids is 1. The van der Waals surface area contributed by atoms with Crippen LogP contribution in [0.1, 0.15) is 6.42 Å². The molecule has 0 aromatic rings. The maximum atomic E-state index is 11.6. The molecule has 2 aliphatic rings. The number of carboxylic acids is 1. The van der Waals surface area contributed by atoms with Crippen LogP contribution < -0.4 is 0 Å². The van der Waals surface area contributed by atoms with Gasteiger partial charge in [-0.1, -0.05) is 12.7 Å². The Kier molecular flexibility index (Phi) is 3.33. The number of piperidine rings is 1. The minimum Gasteiger partial charge on any atom is -0.479 e. The van der Waals surface area contributed by atoms with Crippen molar-refractivity contribution < 1.29 is 24.2 Å². The van der Waals surface area contributed by atoms with Crippen LogP contribution >= 0.6 is 0 Å². The molecule has 3 atom stereocenters. The van der Waals surface area contributed by atoms with Crippen molar-refractivity contribution in [3.63, 3.8) is 0 Å². The zero-order valence-corrected chi connectivity index (χ0v) is 9.37. The molecule has 17 heavy (non-hydrogen) atoms. The lowest BCUT2D eigenvalue weighted by Gasteiger charge is -2.29. The summed E-state index contributed by atoms with van der Waals surface area (Å²) in [5.41, 5.74) is 0. The SMILES string of the molecule is C=CCOC(=O)N1C[C@@H]2C[C@H](C1)[C@H](C(=O)O)O2. The number of rotatable bonds is 3. The fourth-order valence-electron chi connectivity index (χ4n) is 2.36. The maximum Gasteiger partial charge on any atom is 0.410 e. The van der Waals surface area contributed by atoms with Gasteiger partial charge in [-0.2, -0.15) is 0 Å². The molecule has 0 aliphatic carbocycles. The Hall–Kier alpha value is -1.56. The fraction of sp³-hybridized carbons (Fsp3) is 0.636. The Labute approximate surface area is 98.8 Å². The van der Waals surface area contributed by atoms with Crippen molar-refractivity contribution in [2.45, 2.75) is 18.6 Å². The number of nitrogens with zero attached hydrogens (tertiary/aromatic N) is 1. The summed E-state index contributed by atoms with van der Waals surface area (Å²) in [4.78, 5) is 24.0. The number of ether oxygens (including phenoxy) is 2. The lowest BCUT2D eigenvalue weighted by Crippen LogP contribution is -2.44. The highest BCUT2D eigenvalue weighted by Gasteiger charge is 2.46. The molecule has 2 fully saturated rings. The van der Waals surface area contributed by atoms with Crippen molar-refractivity contribution >= 4 is 12.1 Å². The number of hydrogen-bond donors (Lipinski definition) is 1. The summed E-state index contributed by atoms with van der Waals surface area (Å²) in [6.45, 7) is 4.40. The van der Waals surface area contributed by atoms with Gasteiger partial charge in [-0.05, 0) is 6.42 Å². The van der Waals surface area contributed by atoms with Crippen LogP contribution in [0.3, 0.4) is 0 Å². The van der Waals surface area contributed by atoms with Crippen molar-refractivity contribution in [1.82, 2.24) is 4.90 Å². The summed E-state index contributed by atoms with van der Waals surface area (Å²) >= 11 is 0. The zero-order valence-electron chi connectivity index (χ0n) is 9.37. The first-order valence-electron chi connectivity index (χ1n) is 5.52. The summed E-state index contributed by atoms with van der Waals surface area (Å²) in [6, 6.07) is 0. The van der Waals surface area contributed by atoms with Crippen LogP contribution in [0.25, 0.3) is 0 Å². The fourth-order valence-corrected chi connectivity index (χ4v) is 2.36. The summed E-state index contributed by atoms with van der Waals surface area (Å²) < 4.78 is 10.3. The van der Waals surface area contributed by atoms with Gasteiger partial charge in [0.1, 0.15) is 6.61 Å². The second-order valence-corrected chi connectivity index (χ2v) is 4.28. The number of carboxylic acid groups (broad SMARTS) is 1. The summed E-state index contributed by atoms with van der Waals surface area (Å²) in [7, 11) is 0. The van der Waals surface area contributed by atoms with Crippen LogP contribution in [0.4, 0.5) is 4.79 Å². The molecule has 0 radical (unpaired) electrons. The van der Waals surface area contributed by atoms with E-state index in [1.54, 1.807) is 0 Å². The van der Waals surface area contributed by atoms with Crippen LogP contribution in [-0.4, -0.2) is 54.0 Å². The Morgan fingerprint density at radius 3 is 2.94 bits per heavy atom. The highest BCUT2D eigenvalue weighted by molar-refractivity contribution is 5.74. The number of carbonyl (C=O) groups is 2. The van der Waals surface area contributed by atoms with Gasteiger partial charge in [-0.25, -0.2) is 9.59 Å². The van der Waals surface area contributed by atoms with Crippen LogP contribution in [0.5, 0.6) is 0 Å². The first kappa shape index (κ1) is 11.9. The van der Waals surface area contributed by atoms with Crippen LogP contribution in [0, 0.1) is 5.92 Å². The standard InChI is InChI=1S/C11H15NO5/c1-2-3-16-11(15)12-5-7-4-8(6-12)17-9(7)10(13)14/h2,7-9H,1,3-6H2,(H,13,14)/t7-,8+,9-/m1/s1. The van der Waals surface area contributed by atoms with Crippen LogP contribution in [0.15, 0.2) is 12.7 Å². The van der Waals surface area contributed by atoms with Crippen LogP contribution in [0.2, 0.25) is 0 Å². The Morgan fingerprint density at radius 1 is 1.53 bits per heavy atom. The van der Waals surface area contributed by atoms with Gasteiger partial charge in [0, 0.05) is 12.5 Å². The highest BCUT2D eigenvalue weighted by Crippen LogP contribution is 2.32. The van der Waals surface area contributed by atoms with E-state index in [-0.39, 0.29) is 18.6 Å². The zero-order chi connectivity index (χ0) is 12.4. The third-order valence-electron chi connectivity index (χ3n) is 3.04. The van der Waals surface area contributed by atoms with E-state index in [0.29, 0.717) is 19.5 Å². The Morgan fingerprint density at radius 2 is 2.29 bits per heavy atom. The van der Waals surface area contributed by atoms with E-state index in [2.05, 4.69) is 6.58 Å². The molecule has 0 unspecified atom stereocenters. The Bertz CT molecular complexity index is 343. The summed E-state index contributed by atoms with van der Waals surface area (Å²) in [6.07, 6.45) is 0.771. The third kappa shape index (κ3) is 2.41. The Balaban J connectivity index is 1.95. The normalized spacial score (nSPS) is 31.1. The van der Waals surface area contributed by atoms with E-state index < -0.39 is 18.2 Å². The number of fused-ring (bicyclic) bond motifs is 2. The van der Waals surface area contributed by atoms with E-state index in [1.165, 1.54) is 11.0 Å². The quantitative estimate of drug-likeness (QED) is 0.727. The number of hydrogen-bond acceptors (Lipinski definition) is 4. The molecule has 0 spiro atoms. The van der Waals surface area contributed by atoms with Gasteiger partial charge in [0.05, 0.1) is 12.6 Å². The molecule has 0 aromatic carbocycles. The molecule has 2 rings (SSSR count). The van der Waals surface area contributed by atoms with E-state index >= 15 is 0 Å². The first-order chi connectivity index (χ1) is 8.11. The summed E-state index contributed by atoms with van der Waals surface area (Å²) in [5, 5.41) is 8.95. The second-order valence-electron chi connectivity index (χ2n) is 4.28. The van der Waals surface area contributed by atoms with Gasteiger partial charge < -0.3 is 19.5 Å². The van der Waals surface area contributed by atoms with Gasteiger partial charge >= 0.3 is 12.1 Å². The van der Waals surface area contributed by atoms with Crippen LogP contribution in [-0.2, 0) is 14.3 Å². The van der Waals surface area contributed by atoms with Crippen molar-refractivity contribution in [2.24, 2.45) is 5.92 Å². The number of amides is 1. The molecule has 6 nitrogen and oxygen atoms in total. The van der Waals surface area contributed by atoms with Crippen molar-refractivity contribution in [3.8, 4) is 0 Å². The molecule has 6 heteroatoms. The van der Waals surface area contributed by atoms with Gasteiger partial charge in [0.15, 0.2) is 6.10 Å². The summed E-state index contributed by atoms with van der Waals surface area (Å²) in [5.74, 6) is -1.10. The van der Waals surface area contributed by atoms with Crippen molar-refractivity contribution in [1.29, 1.82) is 0 Å². The van der Waals surface area contributed by atoms with Gasteiger partial charge in [-0.3, -0.25) is 0 Å². The molecule has 94 valence electrons. The monoisotopic (exact) mass is 241 g/mol. The minimum atomic E-state index is -0.959. The molecule has 1 amide bonds. The molecule has 2 bridgehead atoms. The molecular weight excluding hydrogens is 226 g/mol. The lowest BCUT2D eigenvalue weighted by atomic mass is 9.95. The molecule has 0 saturated carbocycles. The first-order valence-corrected chi connectivity index (χ1v) is 5.52. The average molecular weight is 241 g/mol. The van der Waals surface area contributed by atoms with E-state index in [0.717, 1.165) is 0 Å². The largest absolute Gasteiger partial charge is 0.479 e. The highest BCUT2D eigenvalue weighted by atomic mass is 16.6. The van der Waals surface area contributed by atoms with Crippen molar-refractivity contribution in [3.05, 3.63) is 12.7 Å². The van der Waals surface area contributed by atoms with Gasteiger partial charge in [-0.15, -0.1) is 0 Å². The third-order valence-corrected chi connectivity index (χ3v) is 3.04. The lowest BCUT2D eigenvalue weighted by molar-refractivity contribution is -0.150. The van der Waals surface area contributed by atoms with E-state index in [1.807, 2.05) is 0 Å². The van der Waals surface area contributed by atoms with Gasteiger partial charge in [0.25, 0.3) is 0 Å². The van der Waals surface area contributed by atoms with E-state index in [9.17, 15) is 9.59 Å². The number of carbonyl (C=O) groups excluding carboxylic acids is 1. The molecule has 1 N–H and O–H groups in total. The smallest absolute Gasteiger partial charge is 0.410 e. The minimum absolute atomic E-state index is 0.137. The topological polar surface area (TPSA) is 76.1 Å². The number of likely N-dealkylation sites (tertiary alicyclic amines) is 1. The molecule has 0 aromatic heterocycles. The second kappa shape index (κ2) is 4.75. The van der Waals surface area contributed by atoms with E-state index in [4.69, 9.17) is 14.6 Å².